The largest absolute Gasteiger partial charge is 0.389 e. The fourth-order valence-corrected chi connectivity index (χ4v) is 4.16. The molecular weight excluding hydrogens is 286 g/mol. The third-order valence-corrected chi connectivity index (χ3v) is 6.87. The van der Waals surface area contributed by atoms with Gasteiger partial charge in [0.1, 0.15) is 0 Å². The van der Waals surface area contributed by atoms with Crippen LogP contribution < -0.4 is 4.72 Å². The molecule has 1 aliphatic carbocycles. The van der Waals surface area contributed by atoms with Gasteiger partial charge in [-0.25, -0.2) is 13.1 Å². The van der Waals surface area contributed by atoms with Crippen LogP contribution in [0.3, 0.4) is 0 Å². The Morgan fingerprint density at radius 1 is 1.24 bits per heavy atom. The molecule has 118 valence electrons. The fraction of sp³-hybridized carbons (Fsp3) is 0.625. The van der Waals surface area contributed by atoms with E-state index in [0.717, 1.165) is 0 Å². The summed E-state index contributed by atoms with van der Waals surface area (Å²) in [5, 5.41) is 9.56. The summed E-state index contributed by atoms with van der Waals surface area (Å²) in [5.74, 6) is 0.333. The second-order valence-electron chi connectivity index (χ2n) is 7.10. The van der Waals surface area contributed by atoms with E-state index in [9.17, 15) is 13.5 Å². The van der Waals surface area contributed by atoms with E-state index in [4.69, 9.17) is 0 Å². The van der Waals surface area contributed by atoms with Crippen molar-refractivity contribution in [1.82, 2.24) is 4.72 Å². The molecular formula is C16H25NO3S. The van der Waals surface area contributed by atoms with E-state index in [1.54, 1.807) is 25.1 Å². The molecule has 1 aliphatic rings. The number of nitrogens with one attached hydrogen (secondary N) is 1. The zero-order valence-corrected chi connectivity index (χ0v) is 14.2. The Labute approximate surface area is 127 Å². The first-order valence-corrected chi connectivity index (χ1v) is 8.76. The van der Waals surface area contributed by atoms with Crippen LogP contribution in [-0.4, -0.2) is 20.1 Å². The lowest BCUT2D eigenvalue weighted by molar-refractivity contribution is 0.199. The van der Waals surface area contributed by atoms with Crippen molar-refractivity contribution in [2.24, 2.45) is 16.7 Å². The molecule has 0 radical (unpaired) electrons. The molecule has 0 amide bonds. The Kier molecular flexibility index (Phi) is 3.98. The quantitative estimate of drug-likeness (QED) is 0.878. The number of aliphatic hydroxyl groups excluding tert-OH is 1. The van der Waals surface area contributed by atoms with Gasteiger partial charge in [-0.2, -0.15) is 0 Å². The first kappa shape index (κ1) is 16.5. The predicted octanol–water partition coefficient (Wildman–Crippen LogP) is 2.70. The number of aliphatic hydroxyl groups is 1. The van der Waals surface area contributed by atoms with Crippen molar-refractivity contribution >= 4 is 10.0 Å². The van der Waals surface area contributed by atoms with Gasteiger partial charge in [-0.05, 0) is 41.4 Å². The zero-order chi connectivity index (χ0) is 16.1. The summed E-state index contributed by atoms with van der Waals surface area (Å²) < 4.78 is 27.4. The highest BCUT2D eigenvalue weighted by Gasteiger charge is 2.64. The SMILES string of the molecule is CC(O)c1cccc(S(=O)(=O)NCC2C(C)(C)C2(C)C)c1. The van der Waals surface area contributed by atoms with Crippen molar-refractivity contribution in [3.8, 4) is 0 Å². The minimum absolute atomic E-state index is 0.150. The minimum atomic E-state index is -3.53. The fourth-order valence-electron chi connectivity index (χ4n) is 3.06. The van der Waals surface area contributed by atoms with Gasteiger partial charge in [0.2, 0.25) is 10.0 Å². The third kappa shape index (κ3) is 2.87. The van der Waals surface area contributed by atoms with Crippen molar-refractivity contribution in [2.45, 2.75) is 45.6 Å². The van der Waals surface area contributed by atoms with Crippen molar-refractivity contribution in [3.63, 3.8) is 0 Å². The number of hydrogen-bond donors (Lipinski definition) is 2. The summed E-state index contributed by atoms with van der Waals surface area (Å²) >= 11 is 0. The first-order chi connectivity index (χ1) is 9.50. The molecule has 5 heteroatoms. The van der Waals surface area contributed by atoms with Crippen molar-refractivity contribution in [1.29, 1.82) is 0 Å². The summed E-state index contributed by atoms with van der Waals surface area (Å²) in [7, 11) is -3.53. The molecule has 1 aromatic rings. The molecule has 1 aromatic carbocycles. The maximum atomic E-state index is 12.4. The summed E-state index contributed by atoms with van der Waals surface area (Å²) in [6, 6.07) is 6.45. The average Bonchev–Trinajstić information content (AvgIpc) is 2.77. The summed E-state index contributed by atoms with van der Waals surface area (Å²) in [5.41, 5.74) is 0.901. The van der Waals surface area contributed by atoms with Gasteiger partial charge >= 0.3 is 0 Å². The van der Waals surface area contributed by atoms with Gasteiger partial charge in [0, 0.05) is 6.54 Å². The molecule has 2 N–H and O–H groups in total. The summed E-state index contributed by atoms with van der Waals surface area (Å²) in [6.45, 7) is 10.7. The van der Waals surface area contributed by atoms with Crippen LogP contribution in [0, 0.1) is 16.7 Å². The molecule has 1 fully saturated rings. The van der Waals surface area contributed by atoms with Gasteiger partial charge < -0.3 is 5.11 Å². The molecule has 1 unspecified atom stereocenters. The highest BCUT2D eigenvalue weighted by atomic mass is 32.2. The van der Waals surface area contributed by atoms with Gasteiger partial charge in [-0.1, -0.05) is 39.8 Å². The monoisotopic (exact) mass is 311 g/mol. The molecule has 0 aliphatic heterocycles. The lowest BCUT2D eigenvalue weighted by atomic mass is 10.0. The summed E-state index contributed by atoms with van der Waals surface area (Å²) in [4.78, 5) is 0.206. The van der Waals surface area contributed by atoms with Gasteiger partial charge in [0.05, 0.1) is 11.0 Å². The van der Waals surface area contributed by atoms with E-state index in [1.165, 1.54) is 6.07 Å². The first-order valence-electron chi connectivity index (χ1n) is 7.28. The second-order valence-corrected chi connectivity index (χ2v) is 8.86. The van der Waals surface area contributed by atoms with Gasteiger partial charge in [0.25, 0.3) is 0 Å². The molecule has 0 bridgehead atoms. The average molecular weight is 311 g/mol. The van der Waals surface area contributed by atoms with Crippen LogP contribution >= 0.6 is 0 Å². The van der Waals surface area contributed by atoms with Crippen LogP contribution in [0.25, 0.3) is 0 Å². The van der Waals surface area contributed by atoms with Crippen LogP contribution in [0.2, 0.25) is 0 Å². The molecule has 0 spiro atoms. The Balaban J connectivity index is 2.12. The molecule has 1 atom stereocenters. The highest BCUT2D eigenvalue weighted by Crippen LogP contribution is 2.67. The number of hydrogen-bond acceptors (Lipinski definition) is 3. The van der Waals surface area contributed by atoms with Crippen LogP contribution in [-0.2, 0) is 10.0 Å². The van der Waals surface area contributed by atoms with Crippen LogP contribution in [0.15, 0.2) is 29.2 Å². The molecule has 2 rings (SSSR count). The normalized spacial score (nSPS) is 22.0. The van der Waals surface area contributed by atoms with Crippen LogP contribution in [0.5, 0.6) is 0 Å². The topological polar surface area (TPSA) is 66.4 Å². The highest BCUT2D eigenvalue weighted by molar-refractivity contribution is 7.89. The number of rotatable bonds is 5. The maximum absolute atomic E-state index is 12.4. The lowest BCUT2D eigenvalue weighted by Crippen LogP contribution is -2.27. The van der Waals surface area contributed by atoms with Crippen LogP contribution in [0.1, 0.15) is 46.3 Å². The molecule has 0 heterocycles. The Morgan fingerprint density at radius 2 is 1.81 bits per heavy atom. The predicted molar refractivity (Wildman–Crippen MR) is 83.3 cm³/mol. The van der Waals surface area contributed by atoms with Gasteiger partial charge in [-0.15, -0.1) is 0 Å². The molecule has 21 heavy (non-hydrogen) atoms. The minimum Gasteiger partial charge on any atom is -0.389 e. The standard InChI is InChI=1S/C16H25NO3S/c1-11(18)12-7-6-8-13(9-12)21(19,20)17-10-14-15(2,3)16(14,4)5/h6-9,11,14,17-18H,10H2,1-5H3. The van der Waals surface area contributed by atoms with E-state index in [1.807, 2.05) is 0 Å². The van der Waals surface area contributed by atoms with E-state index < -0.39 is 16.1 Å². The Bertz CT molecular complexity index is 619. The van der Waals surface area contributed by atoms with E-state index in [0.29, 0.717) is 18.0 Å². The van der Waals surface area contributed by atoms with Gasteiger partial charge in [0.15, 0.2) is 0 Å². The van der Waals surface area contributed by atoms with Crippen molar-refractivity contribution in [2.75, 3.05) is 6.54 Å². The molecule has 4 nitrogen and oxygen atoms in total. The Morgan fingerprint density at radius 3 is 2.29 bits per heavy atom. The lowest BCUT2D eigenvalue weighted by Gasteiger charge is -2.10. The zero-order valence-electron chi connectivity index (χ0n) is 13.3. The van der Waals surface area contributed by atoms with E-state index in [-0.39, 0.29) is 15.7 Å². The van der Waals surface area contributed by atoms with Crippen molar-refractivity contribution < 1.29 is 13.5 Å². The smallest absolute Gasteiger partial charge is 0.240 e. The van der Waals surface area contributed by atoms with Crippen molar-refractivity contribution in [3.05, 3.63) is 29.8 Å². The van der Waals surface area contributed by atoms with E-state index >= 15 is 0 Å². The van der Waals surface area contributed by atoms with Gasteiger partial charge in [-0.3, -0.25) is 0 Å². The van der Waals surface area contributed by atoms with Crippen LogP contribution in [0.4, 0.5) is 0 Å². The van der Waals surface area contributed by atoms with E-state index in [2.05, 4.69) is 32.4 Å². The summed E-state index contributed by atoms with van der Waals surface area (Å²) in [6.07, 6.45) is -0.679. The molecule has 0 saturated heterocycles. The second kappa shape index (κ2) is 5.07. The Hall–Kier alpha value is -0.910. The third-order valence-electron chi connectivity index (χ3n) is 5.45. The number of sulfonamides is 1. The molecule has 0 aromatic heterocycles. The molecule has 1 saturated carbocycles. The maximum Gasteiger partial charge on any atom is 0.240 e. The number of benzene rings is 1.